The average Bonchev–Trinajstić information content (AvgIpc) is 2.52. The van der Waals surface area contributed by atoms with Crippen LogP contribution in [0.1, 0.15) is 38.2 Å². The monoisotopic (exact) mass is 322 g/mol. The van der Waals surface area contributed by atoms with Crippen molar-refractivity contribution in [3.8, 4) is 0 Å². The van der Waals surface area contributed by atoms with Crippen LogP contribution in [0, 0.1) is 0 Å². The van der Waals surface area contributed by atoms with Crippen LogP contribution in [0.4, 0.5) is 0 Å². The fourth-order valence-electron chi connectivity index (χ4n) is 2.77. The maximum absolute atomic E-state index is 11.9. The Kier molecular flexibility index (Phi) is 6.61. The van der Waals surface area contributed by atoms with Gasteiger partial charge in [-0.05, 0) is 50.9 Å². The summed E-state index contributed by atoms with van der Waals surface area (Å²) in [5.74, 6) is 0. The van der Waals surface area contributed by atoms with Crippen molar-refractivity contribution in [1.82, 2.24) is 9.62 Å². The normalized spacial score (nSPS) is 20.5. The first-order valence-corrected chi connectivity index (χ1v) is 9.58. The van der Waals surface area contributed by atoms with Gasteiger partial charge in [-0.25, -0.2) is 13.1 Å². The number of likely N-dealkylation sites (tertiary alicyclic amines) is 1. The van der Waals surface area contributed by atoms with Crippen molar-refractivity contribution in [1.29, 1.82) is 0 Å². The predicted octanol–water partition coefficient (Wildman–Crippen LogP) is 2.84. The highest BCUT2D eigenvalue weighted by molar-refractivity contribution is 7.92. The Morgan fingerprint density at radius 3 is 2.77 bits per heavy atom. The van der Waals surface area contributed by atoms with Gasteiger partial charge in [0, 0.05) is 18.0 Å². The zero-order valence-corrected chi connectivity index (χ0v) is 14.1. The van der Waals surface area contributed by atoms with E-state index in [4.69, 9.17) is 0 Å². The maximum Gasteiger partial charge on any atom is 0.233 e. The predicted molar refractivity (Wildman–Crippen MR) is 91.9 cm³/mol. The number of hydrogen-bond donors (Lipinski definition) is 1. The molecule has 1 aromatic rings. The van der Waals surface area contributed by atoms with Crippen LogP contribution in [0.25, 0.3) is 6.08 Å². The molecular formula is C17H26N2O2S. The standard InChI is InChI=1S/C17H26N2O2S/c1-16-8-5-6-13-19(16)14-7-12-18-22(20,21)15-11-17-9-3-2-4-10-17/h2-4,9-11,15-16,18H,5-8,12-14H2,1H3/b15-11+. The first kappa shape index (κ1) is 17.2. The van der Waals surface area contributed by atoms with Crippen LogP contribution in [0.15, 0.2) is 35.7 Å². The second-order valence-electron chi connectivity index (χ2n) is 5.89. The first-order chi connectivity index (χ1) is 10.6. The second-order valence-corrected chi connectivity index (χ2v) is 7.54. The topological polar surface area (TPSA) is 49.4 Å². The highest BCUT2D eigenvalue weighted by atomic mass is 32.2. The van der Waals surface area contributed by atoms with E-state index in [1.165, 1.54) is 24.7 Å². The molecule has 0 bridgehead atoms. The van der Waals surface area contributed by atoms with Gasteiger partial charge in [-0.1, -0.05) is 36.8 Å². The lowest BCUT2D eigenvalue weighted by Gasteiger charge is -2.33. The Morgan fingerprint density at radius 1 is 1.27 bits per heavy atom. The molecule has 1 aliphatic rings. The number of nitrogens with zero attached hydrogens (tertiary/aromatic N) is 1. The second kappa shape index (κ2) is 8.46. The molecule has 1 fully saturated rings. The molecule has 122 valence electrons. The molecular weight excluding hydrogens is 296 g/mol. The van der Waals surface area contributed by atoms with Gasteiger partial charge in [-0.3, -0.25) is 0 Å². The van der Waals surface area contributed by atoms with Gasteiger partial charge in [0.25, 0.3) is 0 Å². The van der Waals surface area contributed by atoms with E-state index >= 15 is 0 Å². The molecule has 22 heavy (non-hydrogen) atoms. The summed E-state index contributed by atoms with van der Waals surface area (Å²) < 4.78 is 26.5. The molecule has 1 unspecified atom stereocenters. The molecule has 0 spiro atoms. The van der Waals surface area contributed by atoms with Crippen LogP contribution in [0.3, 0.4) is 0 Å². The fraction of sp³-hybridized carbons (Fsp3) is 0.529. The van der Waals surface area contributed by atoms with Crippen molar-refractivity contribution in [3.05, 3.63) is 41.3 Å². The van der Waals surface area contributed by atoms with Crippen molar-refractivity contribution in [2.75, 3.05) is 19.6 Å². The van der Waals surface area contributed by atoms with Crippen LogP contribution in [-0.2, 0) is 10.0 Å². The summed E-state index contributed by atoms with van der Waals surface area (Å²) in [6.45, 7) is 4.85. The molecule has 0 saturated carbocycles. The summed E-state index contributed by atoms with van der Waals surface area (Å²) in [6, 6.07) is 10.1. The third-order valence-electron chi connectivity index (χ3n) is 4.11. The summed E-state index contributed by atoms with van der Waals surface area (Å²) in [7, 11) is -3.35. The largest absolute Gasteiger partial charge is 0.301 e. The highest BCUT2D eigenvalue weighted by Gasteiger charge is 2.17. The third-order valence-corrected chi connectivity index (χ3v) is 5.21. The van der Waals surface area contributed by atoms with Gasteiger partial charge in [-0.15, -0.1) is 0 Å². The number of hydrogen-bond acceptors (Lipinski definition) is 3. The summed E-state index contributed by atoms with van der Waals surface area (Å²) in [5.41, 5.74) is 0.884. The van der Waals surface area contributed by atoms with Crippen molar-refractivity contribution < 1.29 is 8.42 Å². The van der Waals surface area contributed by atoms with E-state index in [0.717, 1.165) is 25.1 Å². The molecule has 1 N–H and O–H groups in total. The van der Waals surface area contributed by atoms with Crippen molar-refractivity contribution >= 4 is 16.1 Å². The first-order valence-electron chi connectivity index (χ1n) is 8.04. The number of rotatable bonds is 7. The van der Waals surface area contributed by atoms with E-state index in [1.54, 1.807) is 6.08 Å². The smallest absolute Gasteiger partial charge is 0.233 e. The molecule has 1 aliphatic heterocycles. The number of benzene rings is 1. The quantitative estimate of drug-likeness (QED) is 0.785. The fourth-order valence-corrected chi connectivity index (χ4v) is 3.63. The van der Waals surface area contributed by atoms with Gasteiger partial charge in [-0.2, -0.15) is 0 Å². The number of piperidine rings is 1. The molecule has 2 rings (SSSR count). The van der Waals surface area contributed by atoms with Gasteiger partial charge in [0.05, 0.1) is 0 Å². The summed E-state index contributed by atoms with van der Waals surface area (Å²) in [5, 5.41) is 1.24. The minimum absolute atomic E-state index is 0.491. The lowest BCUT2D eigenvalue weighted by atomic mass is 10.0. The molecule has 1 aromatic carbocycles. The minimum atomic E-state index is -3.35. The molecule has 0 aromatic heterocycles. The molecule has 1 saturated heterocycles. The molecule has 1 heterocycles. The molecule has 0 amide bonds. The summed E-state index contributed by atoms with van der Waals surface area (Å²) >= 11 is 0. The van der Waals surface area contributed by atoms with E-state index in [-0.39, 0.29) is 0 Å². The maximum atomic E-state index is 11.9. The number of nitrogens with one attached hydrogen (secondary N) is 1. The highest BCUT2D eigenvalue weighted by Crippen LogP contribution is 2.16. The molecule has 0 radical (unpaired) electrons. The molecule has 1 atom stereocenters. The van der Waals surface area contributed by atoms with Gasteiger partial charge in [0.15, 0.2) is 0 Å². The Morgan fingerprint density at radius 2 is 2.05 bits per heavy atom. The van der Waals surface area contributed by atoms with Crippen molar-refractivity contribution in [3.63, 3.8) is 0 Å². The van der Waals surface area contributed by atoms with E-state index < -0.39 is 10.0 Å². The lowest BCUT2D eigenvalue weighted by molar-refractivity contribution is 0.159. The zero-order chi connectivity index (χ0) is 15.8. The zero-order valence-electron chi connectivity index (χ0n) is 13.2. The van der Waals surface area contributed by atoms with Crippen LogP contribution >= 0.6 is 0 Å². The molecule has 4 nitrogen and oxygen atoms in total. The third kappa shape index (κ3) is 5.91. The Balaban J connectivity index is 1.72. The SMILES string of the molecule is CC1CCCCN1CCCNS(=O)(=O)/C=C/c1ccccc1. The molecule has 0 aliphatic carbocycles. The van der Waals surface area contributed by atoms with Crippen LogP contribution < -0.4 is 4.72 Å². The van der Waals surface area contributed by atoms with E-state index in [9.17, 15) is 8.42 Å². The Labute approximate surface area is 134 Å². The van der Waals surface area contributed by atoms with Crippen molar-refractivity contribution in [2.24, 2.45) is 0 Å². The Bertz CT molecular complexity index is 570. The van der Waals surface area contributed by atoms with Gasteiger partial charge in [0.1, 0.15) is 0 Å². The summed E-state index contributed by atoms with van der Waals surface area (Å²) in [4.78, 5) is 2.46. The van der Waals surface area contributed by atoms with Crippen LogP contribution in [-0.4, -0.2) is 39.0 Å². The van der Waals surface area contributed by atoms with Gasteiger partial charge >= 0.3 is 0 Å². The number of sulfonamides is 1. The van der Waals surface area contributed by atoms with E-state index in [1.807, 2.05) is 30.3 Å². The van der Waals surface area contributed by atoms with Crippen molar-refractivity contribution in [2.45, 2.75) is 38.6 Å². The van der Waals surface area contributed by atoms with E-state index in [0.29, 0.717) is 12.6 Å². The van der Waals surface area contributed by atoms with Crippen LogP contribution in [0.2, 0.25) is 0 Å². The minimum Gasteiger partial charge on any atom is -0.301 e. The van der Waals surface area contributed by atoms with Crippen LogP contribution in [0.5, 0.6) is 0 Å². The van der Waals surface area contributed by atoms with Gasteiger partial charge < -0.3 is 4.90 Å². The summed E-state index contributed by atoms with van der Waals surface area (Å²) in [6.07, 6.45) is 6.30. The molecule has 5 heteroatoms. The van der Waals surface area contributed by atoms with E-state index in [2.05, 4.69) is 16.5 Å². The Hall–Kier alpha value is -1.17. The average molecular weight is 322 g/mol. The van der Waals surface area contributed by atoms with Gasteiger partial charge in [0.2, 0.25) is 10.0 Å². The lowest BCUT2D eigenvalue weighted by Crippen LogP contribution is -2.39.